The normalized spacial score (nSPS) is 18.4. The summed E-state index contributed by atoms with van der Waals surface area (Å²) < 4.78 is 5.67. The number of rotatable bonds is 5. The lowest BCUT2D eigenvalue weighted by Gasteiger charge is -2.25. The molecule has 0 saturated carbocycles. The van der Waals surface area contributed by atoms with Gasteiger partial charge in [-0.2, -0.15) is 0 Å². The molecule has 39 heavy (non-hydrogen) atoms. The smallest absolute Gasteiger partial charge is 0.259 e. The number of nitrogens with zero attached hydrogens (tertiary/aromatic N) is 4. The maximum atomic E-state index is 13.5. The quantitative estimate of drug-likeness (QED) is 0.384. The van der Waals surface area contributed by atoms with E-state index in [0.717, 1.165) is 61.2 Å². The topological polar surface area (TPSA) is 120 Å². The summed E-state index contributed by atoms with van der Waals surface area (Å²) in [5.41, 5.74) is 2.62. The fourth-order valence-electron chi connectivity index (χ4n) is 5.02. The number of hydrogen-bond donors (Lipinski definition) is 2. The molecule has 2 N–H and O–H groups in total. The van der Waals surface area contributed by atoms with E-state index in [1.165, 1.54) is 6.20 Å². The van der Waals surface area contributed by atoms with Crippen LogP contribution in [0, 0.1) is 13.8 Å². The largest absolute Gasteiger partial charge is 0.461 e. The number of anilines is 1. The molecule has 1 atom stereocenters. The lowest BCUT2D eigenvalue weighted by atomic mass is 10.1. The Labute approximate surface area is 227 Å². The van der Waals surface area contributed by atoms with Crippen LogP contribution in [0.25, 0.3) is 11.0 Å². The minimum Gasteiger partial charge on any atom is -0.461 e. The van der Waals surface area contributed by atoms with Crippen LogP contribution in [0.5, 0.6) is 0 Å². The minimum absolute atomic E-state index is 0.0206. The minimum atomic E-state index is -0.724. The van der Waals surface area contributed by atoms with E-state index >= 15 is 0 Å². The number of amides is 3. The first-order valence-electron chi connectivity index (χ1n) is 13.5. The summed E-state index contributed by atoms with van der Waals surface area (Å²) in [5, 5.41) is 6.93. The fraction of sp³-hybridized carbons (Fsp3) is 0.414. The van der Waals surface area contributed by atoms with Gasteiger partial charge < -0.3 is 19.5 Å². The number of fused-ring (bicyclic) bond motifs is 1. The number of aryl methyl sites for hydroxylation is 2. The first-order valence-corrected chi connectivity index (χ1v) is 13.5. The SMILES string of the molecule is Cc1ccc(C(=O)NC(=NC2CCCCN(CC(=O)N3CCCC3)C2=O)Nc2ccc3oc(C)cc3c2)cn1. The lowest BCUT2D eigenvalue weighted by molar-refractivity contribution is -0.140. The highest BCUT2D eigenvalue weighted by Crippen LogP contribution is 2.23. The molecule has 2 aliphatic rings. The molecule has 204 valence electrons. The molecule has 4 heterocycles. The van der Waals surface area contributed by atoms with Crippen molar-refractivity contribution in [2.24, 2.45) is 4.99 Å². The van der Waals surface area contributed by atoms with Gasteiger partial charge in [-0.05, 0) is 82.3 Å². The van der Waals surface area contributed by atoms with Crippen molar-refractivity contribution < 1.29 is 18.8 Å². The second-order valence-electron chi connectivity index (χ2n) is 10.2. The Morgan fingerprint density at radius 2 is 1.85 bits per heavy atom. The van der Waals surface area contributed by atoms with Crippen molar-refractivity contribution in [3.05, 3.63) is 59.6 Å². The maximum absolute atomic E-state index is 13.5. The molecule has 10 heteroatoms. The zero-order valence-electron chi connectivity index (χ0n) is 22.4. The van der Waals surface area contributed by atoms with Crippen molar-refractivity contribution in [3.8, 4) is 0 Å². The van der Waals surface area contributed by atoms with Crippen LogP contribution in [-0.2, 0) is 9.59 Å². The Morgan fingerprint density at radius 1 is 1.05 bits per heavy atom. The second-order valence-corrected chi connectivity index (χ2v) is 10.2. The van der Waals surface area contributed by atoms with Crippen molar-refractivity contribution in [3.63, 3.8) is 0 Å². The van der Waals surface area contributed by atoms with Crippen LogP contribution in [0.15, 0.2) is 52.0 Å². The van der Waals surface area contributed by atoms with Crippen molar-refractivity contribution in [2.75, 3.05) is 31.5 Å². The van der Waals surface area contributed by atoms with E-state index in [9.17, 15) is 14.4 Å². The lowest BCUT2D eigenvalue weighted by Crippen LogP contribution is -2.45. The summed E-state index contributed by atoms with van der Waals surface area (Å²) in [5.74, 6) is 0.338. The molecule has 2 aliphatic heterocycles. The Balaban J connectivity index is 1.39. The fourth-order valence-corrected chi connectivity index (χ4v) is 5.02. The number of carbonyl (C=O) groups excluding carboxylic acids is 3. The number of nitrogens with one attached hydrogen (secondary N) is 2. The molecule has 2 fully saturated rings. The Hall–Kier alpha value is -4.21. The van der Waals surface area contributed by atoms with Gasteiger partial charge in [-0.25, -0.2) is 4.99 Å². The van der Waals surface area contributed by atoms with Gasteiger partial charge in [-0.3, -0.25) is 24.7 Å². The first-order chi connectivity index (χ1) is 18.9. The van der Waals surface area contributed by atoms with Crippen molar-refractivity contribution in [2.45, 2.75) is 52.0 Å². The van der Waals surface area contributed by atoms with Gasteiger partial charge in [0.25, 0.3) is 5.91 Å². The van der Waals surface area contributed by atoms with Gasteiger partial charge in [-0.15, -0.1) is 0 Å². The Bertz CT molecular complexity index is 1390. The third kappa shape index (κ3) is 6.45. The molecule has 0 spiro atoms. The van der Waals surface area contributed by atoms with Crippen LogP contribution in [0.3, 0.4) is 0 Å². The summed E-state index contributed by atoms with van der Waals surface area (Å²) in [4.78, 5) is 51.8. The predicted molar refractivity (Wildman–Crippen MR) is 148 cm³/mol. The van der Waals surface area contributed by atoms with Crippen LogP contribution in [-0.4, -0.2) is 70.7 Å². The van der Waals surface area contributed by atoms with Gasteiger partial charge >= 0.3 is 0 Å². The van der Waals surface area contributed by atoms with Crippen LogP contribution in [0.1, 0.15) is 53.9 Å². The van der Waals surface area contributed by atoms with Crippen molar-refractivity contribution >= 4 is 40.3 Å². The molecule has 5 rings (SSSR count). The van der Waals surface area contributed by atoms with Gasteiger partial charge in [0.1, 0.15) is 17.4 Å². The highest BCUT2D eigenvalue weighted by atomic mass is 16.3. The maximum Gasteiger partial charge on any atom is 0.259 e. The number of guanidine groups is 1. The molecule has 1 unspecified atom stereocenters. The monoisotopic (exact) mass is 530 g/mol. The second kappa shape index (κ2) is 11.7. The molecular weight excluding hydrogens is 496 g/mol. The van der Waals surface area contributed by atoms with Crippen LogP contribution >= 0.6 is 0 Å². The van der Waals surface area contributed by atoms with Gasteiger partial charge in [-0.1, -0.05) is 0 Å². The van der Waals surface area contributed by atoms with E-state index in [2.05, 4.69) is 15.6 Å². The standard InChI is InChI=1S/C29H34N6O4/c1-19-8-9-21(17-30-19)27(37)33-29(31-23-10-11-25-22(16-23)15-20(2)39-25)32-24-7-3-4-14-35(28(24)38)18-26(36)34-12-5-6-13-34/h8-11,15-17,24H,3-7,12-14,18H2,1-2H3,(H2,31,32,33,37). The van der Waals surface area contributed by atoms with Gasteiger partial charge in [0.05, 0.1) is 12.1 Å². The number of aromatic nitrogens is 1. The number of likely N-dealkylation sites (tertiary alicyclic amines) is 2. The molecule has 2 aromatic heterocycles. The highest BCUT2D eigenvalue weighted by Gasteiger charge is 2.30. The number of carbonyl (C=O) groups is 3. The molecule has 10 nitrogen and oxygen atoms in total. The zero-order valence-corrected chi connectivity index (χ0v) is 22.4. The average molecular weight is 531 g/mol. The summed E-state index contributed by atoms with van der Waals surface area (Å²) >= 11 is 0. The van der Waals surface area contributed by atoms with Crippen LogP contribution in [0.2, 0.25) is 0 Å². The summed E-state index contributed by atoms with van der Waals surface area (Å²) in [6.07, 6.45) is 5.62. The predicted octanol–water partition coefficient (Wildman–Crippen LogP) is 3.65. The third-order valence-corrected chi connectivity index (χ3v) is 7.13. The summed E-state index contributed by atoms with van der Waals surface area (Å²) in [7, 11) is 0. The molecule has 0 radical (unpaired) electrons. The van der Waals surface area contributed by atoms with Crippen LogP contribution in [0.4, 0.5) is 5.69 Å². The number of furan rings is 1. The Kier molecular flexibility index (Phi) is 7.90. The first kappa shape index (κ1) is 26.4. The summed E-state index contributed by atoms with van der Waals surface area (Å²) in [6, 6.07) is 10.2. The molecule has 1 aromatic carbocycles. The van der Waals surface area contributed by atoms with E-state index in [-0.39, 0.29) is 24.3 Å². The molecule has 0 bridgehead atoms. The average Bonchev–Trinajstić information content (AvgIpc) is 3.55. The number of hydrogen-bond acceptors (Lipinski definition) is 6. The summed E-state index contributed by atoms with van der Waals surface area (Å²) in [6.45, 7) is 5.81. The van der Waals surface area contributed by atoms with Gasteiger partial charge in [0, 0.05) is 42.6 Å². The number of aliphatic imine (C=N–C) groups is 1. The van der Waals surface area contributed by atoms with Crippen LogP contribution < -0.4 is 10.6 Å². The van der Waals surface area contributed by atoms with Crippen molar-refractivity contribution in [1.82, 2.24) is 20.1 Å². The van der Waals surface area contributed by atoms with E-state index in [0.29, 0.717) is 24.2 Å². The van der Waals surface area contributed by atoms with Gasteiger partial charge in [0.15, 0.2) is 0 Å². The van der Waals surface area contributed by atoms with E-state index < -0.39 is 11.9 Å². The number of pyridine rings is 1. The van der Waals surface area contributed by atoms with E-state index in [4.69, 9.17) is 9.41 Å². The van der Waals surface area contributed by atoms with E-state index in [1.807, 2.05) is 43.0 Å². The highest BCUT2D eigenvalue weighted by molar-refractivity contribution is 6.10. The molecule has 3 aromatic rings. The van der Waals surface area contributed by atoms with Crippen molar-refractivity contribution in [1.29, 1.82) is 0 Å². The molecule has 0 aliphatic carbocycles. The Morgan fingerprint density at radius 3 is 2.62 bits per heavy atom. The third-order valence-electron chi connectivity index (χ3n) is 7.13. The molecule has 3 amide bonds. The van der Waals surface area contributed by atoms with Gasteiger partial charge in [0.2, 0.25) is 17.8 Å². The molecule has 2 saturated heterocycles. The molecular formula is C29H34N6O4. The number of benzene rings is 1. The zero-order chi connectivity index (χ0) is 27.4. The van der Waals surface area contributed by atoms with E-state index in [1.54, 1.807) is 17.0 Å².